The highest BCUT2D eigenvalue weighted by atomic mass is 16.5. The van der Waals surface area contributed by atoms with Gasteiger partial charge in [-0.2, -0.15) is 5.10 Å². The van der Waals surface area contributed by atoms with Crippen LogP contribution in [-0.4, -0.2) is 35.5 Å². The fourth-order valence-corrected chi connectivity index (χ4v) is 2.13. The van der Waals surface area contributed by atoms with E-state index in [1.807, 2.05) is 6.07 Å². The highest BCUT2D eigenvalue weighted by Crippen LogP contribution is 2.20. The van der Waals surface area contributed by atoms with Gasteiger partial charge in [0.2, 0.25) is 0 Å². The Balaban J connectivity index is 2.22. The monoisotopic (exact) mass is 222 g/mol. The third kappa shape index (κ3) is 2.31. The zero-order valence-electron chi connectivity index (χ0n) is 9.76. The number of ether oxygens (including phenoxy) is 1. The largest absolute Gasteiger partial charge is 0.372 e. The molecule has 0 saturated carbocycles. The Bertz CT molecular complexity index is 348. The Morgan fingerprint density at radius 3 is 2.75 bits per heavy atom. The van der Waals surface area contributed by atoms with Gasteiger partial charge in [0.05, 0.1) is 18.4 Å². The molecule has 2 N–H and O–H groups in total. The highest BCUT2D eigenvalue weighted by Gasteiger charge is 2.24. The minimum absolute atomic E-state index is 0.219. The van der Waals surface area contributed by atoms with Crippen molar-refractivity contribution < 1.29 is 4.74 Å². The molecule has 16 heavy (non-hydrogen) atoms. The summed E-state index contributed by atoms with van der Waals surface area (Å²) in [5.41, 5.74) is 6.74. The lowest BCUT2D eigenvalue weighted by Crippen LogP contribution is -2.46. The first-order chi connectivity index (χ1) is 7.70. The van der Waals surface area contributed by atoms with Gasteiger partial charge in [0.25, 0.3) is 0 Å². The molecule has 5 nitrogen and oxygen atoms in total. The summed E-state index contributed by atoms with van der Waals surface area (Å²) in [6.45, 7) is 6.32. The Kier molecular flexibility index (Phi) is 3.36. The van der Waals surface area contributed by atoms with Crippen LogP contribution in [0.25, 0.3) is 0 Å². The Labute approximate surface area is 95.6 Å². The van der Waals surface area contributed by atoms with Gasteiger partial charge in [-0.25, -0.2) is 0 Å². The third-order valence-electron chi connectivity index (χ3n) is 2.72. The summed E-state index contributed by atoms with van der Waals surface area (Å²) in [5, 5.41) is 8.11. The molecule has 2 unspecified atom stereocenters. The first-order valence-corrected chi connectivity index (χ1v) is 5.61. The van der Waals surface area contributed by atoms with E-state index in [1.165, 1.54) is 0 Å². The molecule has 2 rings (SSSR count). The van der Waals surface area contributed by atoms with Crippen LogP contribution in [0.15, 0.2) is 12.3 Å². The second-order valence-electron chi connectivity index (χ2n) is 4.25. The van der Waals surface area contributed by atoms with Crippen molar-refractivity contribution in [2.75, 3.05) is 18.0 Å². The molecule has 0 aromatic carbocycles. The fourth-order valence-electron chi connectivity index (χ4n) is 2.13. The Hall–Kier alpha value is -1.20. The summed E-state index contributed by atoms with van der Waals surface area (Å²) in [5.74, 6) is 0.895. The number of nitrogens with two attached hydrogens (primary N) is 1. The van der Waals surface area contributed by atoms with Gasteiger partial charge in [0, 0.05) is 25.2 Å². The molecule has 1 saturated heterocycles. The van der Waals surface area contributed by atoms with E-state index in [1.54, 1.807) is 6.20 Å². The average molecular weight is 222 g/mol. The molecule has 1 fully saturated rings. The molecule has 2 atom stereocenters. The van der Waals surface area contributed by atoms with Crippen molar-refractivity contribution >= 4 is 5.82 Å². The van der Waals surface area contributed by atoms with Crippen LogP contribution in [0.2, 0.25) is 0 Å². The Morgan fingerprint density at radius 2 is 2.12 bits per heavy atom. The standard InChI is InChI=1S/C11H18N4O/c1-8-6-15(7-9(2)16-8)11-10(5-12)3-4-13-14-11/h3-4,8-9H,5-7,12H2,1-2H3. The zero-order valence-corrected chi connectivity index (χ0v) is 9.76. The summed E-state index contributed by atoms with van der Waals surface area (Å²) in [6, 6.07) is 1.92. The molecule has 88 valence electrons. The molecule has 0 aliphatic carbocycles. The molecule has 1 aliphatic heterocycles. The summed E-state index contributed by atoms with van der Waals surface area (Å²) >= 11 is 0. The molecular formula is C11H18N4O. The maximum absolute atomic E-state index is 5.70. The van der Waals surface area contributed by atoms with E-state index in [-0.39, 0.29) is 12.2 Å². The van der Waals surface area contributed by atoms with Crippen molar-refractivity contribution in [3.63, 3.8) is 0 Å². The molecule has 0 bridgehead atoms. The molecule has 1 aromatic rings. The smallest absolute Gasteiger partial charge is 0.155 e. The lowest BCUT2D eigenvalue weighted by Gasteiger charge is -2.36. The molecule has 0 amide bonds. The first kappa shape index (κ1) is 11.3. The molecule has 1 aromatic heterocycles. The zero-order chi connectivity index (χ0) is 11.5. The SMILES string of the molecule is CC1CN(c2nnccc2CN)CC(C)O1. The van der Waals surface area contributed by atoms with Crippen LogP contribution < -0.4 is 10.6 Å². The molecular weight excluding hydrogens is 204 g/mol. The Morgan fingerprint density at radius 1 is 1.44 bits per heavy atom. The van der Waals surface area contributed by atoms with E-state index in [4.69, 9.17) is 10.5 Å². The van der Waals surface area contributed by atoms with Gasteiger partial charge in [-0.1, -0.05) is 0 Å². The summed E-state index contributed by atoms with van der Waals surface area (Å²) in [7, 11) is 0. The van der Waals surface area contributed by atoms with Gasteiger partial charge in [0.15, 0.2) is 5.82 Å². The number of nitrogens with zero attached hydrogens (tertiary/aromatic N) is 3. The maximum Gasteiger partial charge on any atom is 0.155 e. The van der Waals surface area contributed by atoms with Crippen molar-refractivity contribution in [2.45, 2.75) is 32.6 Å². The summed E-state index contributed by atoms with van der Waals surface area (Å²) in [6.07, 6.45) is 2.12. The van der Waals surface area contributed by atoms with E-state index >= 15 is 0 Å². The minimum atomic E-state index is 0.219. The van der Waals surface area contributed by atoms with E-state index in [9.17, 15) is 0 Å². The molecule has 1 aliphatic rings. The lowest BCUT2D eigenvalue weighted by atomic mass is 10.2. The number of morpholine rings is 1. The summed E-state index contributed by atoms with van der Waals surface area (Å²) < 4.78 is 5.69. The quantitative estimate of drug-likeness (QED) is 0.791. The molecule has 5 heteroatoms. The predicted octanol–water partition coefficient (Wildman–Crippen LogP) is 0.549. The van der Waals surface area contributed by atoms with Crippen molar-refractivity contribution in [3.8, 4) is 0 Å². The van der Waals surface area contributed by atoms with Crippen LogP contribution in [0.4, 0.5) is 5.82 Å². The topological polar surface area (TPSA) is 64.3 Å². The van der Waals surface area contributed by atoms with E-state index in [0.29, 0.717) is 6.54 Å². The normalized spacial score (nSPS) is 25.8. The molecule has 0 spiro atoms. The van der Waals surface area contributed by atoms with Gasteiger partial charge >= 0.3 is 0 Å². The van der Waals surface area contributed by atoms with Crippen LogP contribution in [0.3, 0.4) is 0 Å². The van der Waals surface area contributed by atoms with Crippen LogP contribution in [-0.2, 0) is 11.3 Å². The van der Waals surface area contributed by atoms with Crippen molar-refractivity contribution in [1.29, 1.82) is 0 Å². The van der Waals surface area contributed by atoms with Crippen LogP contribution in [0.5, 0.6) is 0 Å². The van der Waals surface area contributed by atoms with Gasteiger partial charge in [-0.3, -0.25) is 0 Å². The van der Waals surface area contributed by atoms with Gasteiger partial charge < -0.3 is 15.4 Å². The van der Waals surface area contributed by atoms with Crippen LogP contribution >= 0.6 is 0 Å². The van der Waals surface area contributed by atoms with Crippen LogP contribution in [0, 0.1) is 0 Å². The summed E-state index contributed by atoms with van der Waals surface area (Å²) in [4.78, 5) is 2.20. The highest BCUT2D eigenvalue weighted by molar-refractivity contribution is 5.46. The number of anilines is 1. The van der Waals surface area contributed by atoms with E-state index in [0.717, 1.165) is 24.5 Å². The number of hydrogen-bond donors (Lipinski definition) is 1. The van der Waals surface area contributed by atoms with Crippen molar-refractivity contribution in [1.82, 2.24) is 10.2 Å². The number of rotatable bonds is 2. The fraction of sp³-hybridized carbons (Fsp3) is 0.636. The number of aromatic nitrogens is 2. The van der Waals surface area contributed by atoms with E-state index < -0.39 is 0 Å². The van der Waals surface area contributed by atoms with Gasteiger partial charge in [-0.05, 0) is 19.9 Å². The lowest BCUT2D eigenvalue weighted by molar-refractivity contribution is -0.00555. The second-order valence-corrected chi connectivity index (χ2v) is 4.25. The first-order valence-electron chi connectivity index (χ1n) is 5.61. The number of hydrogen-bond acceptors (Lipinski definition) is 5. The predicted molar refractivity (Wildman–Crippen MR) is 62.1 cm³/mol. The van der Waals surface area contributed by atoms with Gasteiger partial charge in [0.1, 0.15) is 0 Å². The van der Waals surface area contributed by atoms with Crippen molar-refractivity contribution in [3.05, 3.63) is 17.8 Å². The minimum Gasteiger partial charge on any atom is -0.372 e. The third-order valence-corrected chi connectivity index (χ3v) is 2.72. The maximum atomic E-state index is 5.70. The van der Waals surface area contributed by atoms with Gasteiger partial charge in [-0.15, -0.1) is 5.10 Å². The molecule has 2 heterocycles. The van der Waals surface area contributed by atoms with Crippen LogP contribution in [0.1, 0.15) is 19.4 Å². The van der Waals surface area contributed by atoms with E-state index in [2.05, 4.69) is 28.9 Å². The molecule has 0 radical (unpaired) electrons. The average Bonchev–Trinajstić information content (AvgIpc) is 2.27. The second kappa shape index (κ2) is 4.76. The van der Waals surface area contributed by atoms with Crippen molar-refractivity contribution in [2.24, 2.45) is 5.73 Å².